The van der Waals surface area contributed by atoms with Crippen LogP contribution in [0.2, 0.25) is 0 Å². The van der Waals surface area contributed by atoms with E-state index in [9.17, 15) is 0 Å². The van der Waals surface area contributed by atoms with Crippen LogP contribution in [-0.4, -0.2) is 0 Å². The van der Waals surface area contributed by atoms with Crippen molar-refractivity contribution in [2.24, 2.45) is 0 Å². The first-order valence-corrected chi connectivity index (χ1v) is 17.0. The van der Waals surface area contributed by atoms with E-state index >= 15 is 0 Å². The molecule has 9 rings (SSSR count). The van der Waals surface area contributed by atoms with Crippen LogP contribution < -0.4 is 4.90 Å². The highest BCUT2D eigenvalue weighted by Crippen LogP contribution is 2.46. The Morgan fingerprint density at radius 2 is 1.06 bits per heavy atom. The fraction of sp³-hybridized carbons (Fsp3) is 0.0222. The van der Waals surface area contributed by atoms with Gasteiger partial charge in [-0.15, -0.1) is 0 Å². The molecule has 222 valence electrons. The van der Waals surface area contributed by atoms with E-state index in [1.54, 1.807) is 0 Å². The van der Waals surface area contributed by atoms with Crippen molar-refractivity contribution in [2.75, 3.05) is 4.90 Å². The molecular weight excluding hydrogens is 587 g/mol. The molecule has 0 aliphatic carbocycles. The Bertz CT molecular complexity index is 2370. The van der Waals surface area contributed by atoms with Gasteiger partial charge in [-0.05, 0) is 104 Å². The number of para-hydroxylation sites is 2. The van der Waals surface area contributed by atoms with Crippen molar-refractivity contribution in [3.63, 3.8) is 0 Å². The highest BCUT2D eigenvalue weighted by atomic mass is 32.2. The zero-order chi connectivity index (χ0) is 31.2. The van der Waals surface area contributed by atoms with Gasteiger partial charge in [-0.1, -0.05) is 139 Å². The standard InChI is InChI=1S/C45H31NS/c1-3-16-37(17-4-1)46(38-18-5-2-6-19-38)39-20-9-15-33(29-39)34-25-26-35-28-36-27-24-31-12-7-8-21-40(31)45(36)47-43-23-11-14-32-13-10-22-41(44(32)43)42(35)30-34/h1-27,29-30H,28H2. The van der Waals surface area contributed by atoms with Crippen LogP contribution in [0.25, 0.3) is 43.8 Å². The molecule has 0 amide bonds. The lowest BCUT2D eigenvalue weighted by Gasteiger charge is -2.26. The van der Waals surface area contributed by atoms with Gasteiger partial charge in [-0.25, -0.2) is 0 Å². The lowest BCUT2D eigenvalue weighted by Crippen LogP contribution is -2.09. The van der Waals surface area contributed by atoms with Gasteiger partial charge in [0, 0.05) is 32.2 Å². The van der Waals surface area contributed by atoms with Gasteiger partial charge < -0.3 is 4.90 Å². The van der Waals surface area contributed by atoms with Gasteiger partial charge in [0.15, 0.2) is 0 Å². The predicted molar refractivity (Wildman–Crippen MR) is 200 cm³/mol. The van der Waals surface area contributed by atoms with Crippen LogP contribution in [0.1, 0.15) is 11.1 Å². The number of hydrogen-bond donors (Lipinski definition) is 0. The third kappa shape index (κ3) is 4.99. The third-order valence-electron chi connectivity index (χ3n) is 9.29. The summed E-state index contributed by atoms with van der Waals surface area (Å²) in [5, 5.41) is 5.21. The normalized spacial score (nSPS) is 12.1. The average molecular weight is 618 g/mol. The molecule has 0 saturated carbocycles. The summed E-state index contributed by atoms with van der Waals surface area (Å²) in [6.45, 7) is 0. The second-order valence-electron chi connectivity index (χ2n) is 12.1. The van der Waals surface area contributed by atoms with Gasteiger partial charge in [-0.3, -0.25) is 0 Å². The van der Waals surface area contributed by atoms with E-state index in [2.05, 4.69) is 181 Å². The van der Waals surface area contributed by atoms with Gasteiger partial charge in [-0.2, -0.15) is 0 Å². The van der Waals surface area contributed by atoms with E-state index in [0.717, 1.165) is 23.5 Å². The molecule has 1 aliphatic heterocycles. The average Bonchev–Trinajstić information content (AvgIpc) is 3.19. The van der Waals surface area contributed by atoms with Crippen molar-refractivity contribution >= 4 is 50.4 Å². The van der Waals surface area contributed by atoms with Crippen molar-refractivity contribution in [2.45, 2.75) is 16.2 Å². The SMILES string of the molecule is c1ccc(N(c2ccccc2)c2cccc(-c3ccc4c(c3)-c3cccc5cccc(c35)Sc3c(ccc5ccccc35)C4)c2)cc1. The van der Waals surface area contributed by atoms with Crippen LogP contribution in [0.3, 0.4) is 0 Å². The second-order valence-corrected chi connectivity index (χ2v) is 13.2. The third-order valence-corrected chi connectivity index (χ3v) is 10.5. The van der Waals surface area contributed by atoms with Crippen LogP contribution in [0.5, 0.6) is 0 Å². The van der Waals surface area contributed by atoms with Crippen molar-refractivity contribution in [3.8, 4) is 22.3 Å². The van der Waals surface area contributed by atoms with Gasteiger partial charge in [0.25, 0.3) is 0 Å². The maximum atomic E-state index is 2.42. The number of benzene rings is 8. The minimum atomic E-state index is 0.878. The molecule has 0 aromatic heterocycles. The van der Waals surface area contributed by atoms with Gasteiger partial charge >= 0.3 is 0 Å². The number of rotatable bonds is 4. The summed E-state index contributed by atoms with van der Waals surface area (Å²) < 4.78 is 0. The maximum absolute atomic E-state index is 2.42. The minimum Gasteiger partial charge on any atom is -0.310 e. The van der Waals surface area contributed by atoms with E-state index in [1.165, 1.54) is 64.7 Å². The van der Waals surface area contributed by atoms with Crippen molar-refractivity contribution in [3.05, 3.63) is 187 Å². The molecule has 0 bridgehead atoms. The van der Waals surface area contributed by atoms with Crippen molar-refractivity contribution < 1.29 is 0 Å². The molecule has 1 nitrogen and oxygen atoms in total. The lowest BCUT2D eigenvalue weighted by atomic mass is 9.89. The quantitative estimate of drug-likeness (QED) is 0.193. The van der Waals surface area contributed by atoms with Crippen LogP contribution in [0.15, 0.2) is 186 Å². The van der Waals surface area contributed by atoms with Crippen LogP contribution in [0, 0.1) is 0 Å². The number of hydrogen-bond acceptors (Lipinski definition) is 2. The van der Waals surface area contributed by atoms with Crippen LogP contribution in [0.4, 0.5) is 17.1 Å². The fourth-order valence-corrected chi connectivity index (χ4v) is 8.33. The molecule has 0 spiro atoms. The van der Waals surface area contributed by atoms with Gasteiger partial charge in [0.05, 0.1) is 0 Å². The Hall–Kier alpha value is -5.57. The summed E-state index contributed by atoms with van der Waals surface area (Å²) in [7, 11) is 0. The number of anilines is 3. The Balaban J connectivity index is 1.23. The monoisotopic (exact) mass is 617 g/mol. The summed E-state index contributed by atoms with van der Waals surface area (Å²) in [6, 6.07) is 64.2. The van der Waals surface area contributed by atoms with E-state index in [-0.39, 0.29) is 0 Å². The molecule has 0 N–H and O–H groups in total. The number of nitrogens with zero attached hydrogens (tertiary/aromatic N) is 1. The summed E-state index contributed by atoms with van der Waals surface area (Å²) in [6.07, 6.45) is 0.878. The first kappa shape index (κ1) is 27.7. The molecular formula is C45H31NS. The molecule has 1 aliphatic rings. The molecule has 1 heterocycles. The fourth-order valence-electron chi connectivity index (χ4n) is 7.07. The molecule has 0 unspecified atom stereocenters. The molecule has 2 heteroatoms. The number of fused-ring (bicyclic) bond motifs is 5. The summed E-state index contributed by atoms with van der Waals surface area (Å²) in [5.41, 5.74) is 11.1. The van der Waals surface area contributed by atoms with Crippen LogP contribution in [-0.2, 0) is 6.42 Å². The van der Waals surface area contributed by atoms with Crippen molar-refractivity contribution in [1.82, 2.24) is 0 Å². The molecule has 0 radical (unpaired) electrons. The smallest absolute Gasteiger partial charge is 0.0467 e. The molecule has 0 saturated heterocycles. The Morgan fingerprint density at radius 1 is 0.426 bits per heavy atom. The zero-order valence-corrected chi connectivity index (χ0v) is 26.6. The highest BCUT2D eigenvalue weighted by molar-refractivity contribution is 7.99. The van der Waals surface area contributed by atoms with E-state index in [1.807, 2.05) is 11.8 Å². The first-order chi connectivity index (χ1) is 23.3. The molecule has 8 aromatic rings. The highest BCUT2D eigenvalue weighted by Gasteiger charge is 2.20. The summed E-state index contributed by atoms with van der Waals surface area (Å²) >= 11 is 1.92. The Kier molecular flexibility index (Phi) is 6.87. The lowest BCUT2D eigenvalue weighted by molar-refractivity contribution is 1.15. The summed E-state index contributed by atoms with van der Waals surface area (Å²) in [4.78, 5) is 4.99. The van der Waals surface area contributed by atoms with E-state index in [0.29, 0.717) is 0 Å². The zero-order valence-electron chi connectivity index (χ0n) is 25.8. The summed E-state index contributed by atoms with van der Waals surface area (Å²) in [5.74, 6) is 0. The molecule has 8 aromatic carbocycles. The first-order valence-electron chi connectivity index (χ1n) is 16.1. The van der Waals surface area contributed by atoms with E-state index in [4.69, 9.17) is 0 Å². The largest absolute Gasteiger partial charge is 0.310 e. The van der Waals surface area contributed by atoms with Gasteiger partial charge in [0.1, 0.15) is 0 Å². The maximum Gasteiger partial charge on any atom is 0.0467 e. The molecule has 0 fully saturated rings. The van der Waals surface area contributed by atoms with Crippen molar-refractivity contribution in [1.29, 1.82) is 0 Å². The topological polar surface area (TPSA) is 3.24 Å². The van der Waals surface area contributed by atoms with Gasteiger partial charge in [0.2, 0.25) is 0 Å². The second kappa shape index (κ2) is 11.7. The Labute approximate surface area is 279 Å². The predicted octanol–water partition coefficient (Wildman–Crippen LogP) is 12.9. The molecule has 47 heavy (non-hydrogen) atoms. The minimum absolute atomic E-state index is 0.878. The van der Waals surface area contributed by atoms with E-state index < -0.39 is 0 Å². The Morgan fingerprint density at radius 3 is 1.87 bits per heavy atom. The molecule has 0 atom stereocenters. The van der Waals surface area contributed by atoms with Crippen LogP contribution >= 0.6 is 11.8 Å².